The zero-order chi connectivity index (χ0) is 20.6. The van der Waals surface area contributed by atoms with E-state index in [0.717, 1.165) is 0 Å². The van der Waals surface area contributed by atoms with Crippen LogP contribution in [0.25, 0.3) is 16.8 Å². The second-order valence-corrected chi connectivity index (χ2v) is 9.83. The minimum Gasteiger partial charge on any atom is -0.168 e. The Hall–Kier alpha value is -0.747. The third kappa shape index (κ3) is 8.73. The van der Waals surface area contributed by atoms with Gasteiger partial charge in [0.25, 0.3) is 0 Å². The fraction of sp³-hybridized carbons (Fsp3) is 0.240. The Morgan fingerprint density at radius 2 is 1.71 bits per heavy atom. The Kier molecular flexibility index (Phi) is 14.5. The zero-order valence-corrected chi connectivity index (χ0v) is 20.7. The summed E-state index contributed by atoms with van der Waals surface area (Å²) in [5.74, 6) is 0.661. The maximum absolute atomic E-state index is 4.93. The molecule has 150 valence electrons. The molecule has 0 spiro atoms. The van der Waals surface area contributed by atoms with Crippen LogP contribution in [0.1, 0.15) is 50.2 Å². The molecule has 0 saturated carbocycles. The fourth-order valence-corrected chi connectivity index (χ4v) is 3.15. The molecule has 3 aromatic rings. The molecule has 0 amide bonds. The number of fused-ring (bicyclic) bond motifs is 2. The smallest absolute Gasteiger partial charge is 0.0809 e. The summed E-state index contributed by atoms with van der Waals surface area (Å²) in [6.45, 7) is 7.21. The van der Waals surface area contributed by atoms with Gasteiger partial charge in [-0.3, -0.25) is 0 Å². The summed E-state index contributed by atoms with van der Waals surface area (Å²) in [6, 6.07) is 23.4. The van der Waals surface area contributed by atoms with Crippen molar-refractivity contribution in [2.75, 3.05) is 0 Å². The van der Waals surface area contributed by atoms with E-state index in [4.69, 9.17) is 17.0 Å². The van der Waals surface area contributed by atoms with E-state index >= 15 is 0 Å². The van der Waals surface area contributed by atoms with E-state index in [9.17, 15) is 0 Å². The van der Waals surface area contributed by atoms with Gasteiger partial charge >= 0.3 is 37.9 Å². The van der Waals surface area contributed by atoms with Gasteiger partial charge in [-0.1, -0.05) is 55.8 Å². The topological polar surface area (TPSA) is 0 Å². The molecule has 0 bridgehead atoms. The van der Waals surface area contributed by atoms with Gasteiger partial charge in [0.05, 0.1) is 0 Å². The summed E-state index contributed by atoms with van der Waals surface area (Å²) < 4.78 is 0. The van der Waals surface area contributed by atoms with E-state index in [2.05, 4.69) is 99.2 Å². The number of hydrogen-bond donors (Lipinski definition) is 0. The van der Waals surface area contributed by atoms with Crippen LogP contribution in [-0.4, -0.2) is 0 Å². The predicted molar refractivity (Wildman–Crippen MR) is 124 cm³/mol. The first-order chi connectivity index (χ1) is 13.8. The molecule has 1 aliphatic carbocycles. The van der Waals surface area contributed by atoms with Crippen molar-refractivity contribution in [2.45, 2.75) is 39.0 Å². The van der Waals surface area contributed by atoms with Crippen LogP contribution < -0.4 is 0 Å². The molecule has 0 N–H and O–H groups in total. The van der Waals surface area contributed by atoms with Gasteiger partial charge in [-0.15, -0.1) is 29.7 Å². The standard InChI is InChI=1S/C14H17.C9H7.C2H5.2ClH.Zr/c1-2-3-4-7-12-10-11-13-8-5-6-9-14(12)13;1-2-5-9-7-3-6-8(9)4-1;1-2;;;/h3,5-6,8-12H,2,4,7H2,1H3;1-7H;1H2,2H3;2*1H;/q3*-1;;;+2/p-2. The second kappa shape index (κ2) is 16.1. The molecular formula is C25H29Cl2Zr-3. The summed E-state index contributed by atoms with van der Waals surface area (Å²) in [6.07, 6.45) is 10.7. The van der Waals surface area contributed by atoms with Crippen molar-refractivity contribution in [2.24, 2.45) is 0 Å². The number of unbranched alkanes of at least 4 members (excludes halogenated alkanes) is 2. The van der Waals surface area contributed by atoms with Gasteiger partial charge in [0, 0.05) is 5.92 Å². The maximum atomic E-state index is 4.93. The third-order valence-corrected chi connectivity index (χ3v) is 4.42. The van der Waals surface area contributed by atoms with Crippen molar-refractivity contribution >= 4 is 33.9 Å². The van der Waals surface area contributed by atoms with Crippen molar-refractivity contribution in [3.8, 4) is 0 Å². The third-order valence-electron chi connectivity index (χ3n) is 4.42. The molecular weight excluding hydrogens is 462 g/mol. The van der Waals surface area contributed by atoms with Crippen LogP contribution in [0, 0.1) is 13.3 Å². The average molecular weight is 492 g/mol. The molecule has 28 heavy (non-hydrogen) atoms. The van der Waals surface area contributed by atoms with Crippen LogP contribution in [0.15, 0.2) is 72.8 Å². The molecule has 0 aromatic heterocycles. The average Bonchev–Trinajstić information content (AvgIpc) is 3.38. The monoisotopic (exact) mass is 489 g/mol. The molecule has 0 heterocycles. The molecule has 0 fully saturated rings. The van der Waals surface area contributed by atoms with Crippen molar-refractivity contribution in [1.82, 2.24) is 0 Å². The minimum absolute atomic E-state index is 0.661. The van der Waals surface area contributed by atoms with Crippen LogP contribution in [0.3, 0.4) is 0 Å². The largest absolute Gasteiger partial charge is 0.168 e. The van der Waals surface area contributed by atoms with Gasteiger partial charge in [-0.25, -0.2) is 0 Å². The van der Waals surface area contributed by atoms with Gasteiger partial charge in [0.15, 0.2) is 0 Å². The molecule has 1 unspecified atom stereocenters. The Morgan fingerprint density at radius 3 is 2.43 bits per heavy atom. The number of allylic oxidation sites excluding steroid dienone is 1. The van der Waals surface area contributed by atoms with E-state index in [1.807, 2.05) is 0 Å². The second-order valence-electron chi connectivity index (χ2n) is 6.09. The van der Waals surface area contributed by atoms with Crippen molar-refractivity contribution < 1.29 is 20.8 Å². The van der Waals surface area contributed by atoms with Crippen LogP contribution in [0.2, 0.25) is 0 Å². The molecule has 0 nitrogen and oxygen atoms in total. The fourth-order valence-electron chi connectivity index (χ4n) is 3.15. The normalized spacial score (nSPS) is 13.2. The van der Waals surface area contributed by atoms with E-state index in [1.165, 1.54) is 41.2 Å². The summed E-state index contributed by atoms with van der Waals surface area (Å²) in [4.78, 5) is 0. The number of hydrogen-bond acceptors (Lipinski definition) is 0. The summed E-state index contributed by atoms with van der Waals surface area (Å²) >= 11 is -0.826. The SMILES string of the molecule is CC[CH-]CCC1C=Cc2ccccc21.[CH2-]C.[Cl][Zr][Cl].c1ccc2[cH-]ccc2c1. The van der Waals surface area contributed by atoms with Gasteiger partial charge in [0.1, 0.15) is 0 Å². The van der Waals surface area contributed by atoms with Crippen LogP contribution >= 0.6 is 17.0 Å². The van der Waals surface area contributed by atoms with E-state index in [0.29, 0.717) is 5.92 Å². The zero-order valence-electron chi connectivity index (χ0n) is 16.7. The molecule has 1 aliphatic rings. The Balaban J connectivity index is 0.000000240. The summed E-state index contributed by atoms with van der Waals surface area (Å²) in [7, 11) is 9.87. The van der Waals surface area contributed by atoms with Gasteiger partial charge in [-0.05, 0) is 11.1 Å². The van der Waals surface area contributed by atoms with Crippen molar-refractivity contribution in [3.63, 3.8) is 0 Å². The summed E-state index contributed by atoms with van der Waals surface area (Å²) in [5, 5.41) is 2.66. The molecule has 4 rings (SSSR count). The predicted octanol–water partition coefficient (Wildman–Crippen LogP) is 8.97. The summed E-state index contributed by atoms with van der Waals surface area (Å²) in [5.41, 5.74) is 2.92. The van der Waals surface area contributed by atoms with Gasteiger partial charge < -0.3 is 13.3 Å². The first-order valence-electron chi connectivity index (χ1n) is 9.66. The Morgan fingerprint density at radius 1 is 1.04 bits per heavy atom. The molecule has 0 aliphatic heterocycles. The van der Waals surface area contributed by atoms with Gasteiger partial charge in [-0.2, -0.15) is 37.3 Å². The Labute approximate surface area is 190 Å². The van der Waals surface area contributed by atoms with E-state index in [1.54, 1.807) is 6.92 Å². The van der Waals surface area contributed by atoms with Gasteiger partial charge in [0.2, 0.25) is 0 Å². The molecule has 1 atom stereocenters. The van der Waals surface area contributed by atoms with E-state index < -0.39 is 20.8 Å². The number of rotatable bonds is 4. The minimum atomic E-state index is -0.826. The van der Waals surface area contributed by atoms with Crippen LogP contribution in [0.4, 0.5) is 0 Å². The molecule has 0 saturated heterocycles. The first kappa shape index (κ1) is 25.3. The maximum Gasteiger partial charge on any atom is -0.0809 e. The van der Waals surface area contributed by atoms with Crippen LogP contribution in [-0.2, 0) is 20.8 Å². The van der Waals surface area contributed by atoms with Crippen molar-refractivity contribution in [3.05, 3.63) is 97.3 Å². The Bertz CT molecular complexity index is 762. The van der Waals surface area contributed by atoms with Crippen LogP contribution in [0.5, 0.6) is 0 Å². The van der Waals surface area contributed by atoms with E-state index in [-0.39, 0.29) is 0 Å². The molecule has 0 radical (unpaired) electrons. The van der Waals surface area contributed by atoms with Crippen molar-refractivity contribution in [1.29, 1.82) is 0 Å². The number of halogens is 2. The quantitative estimate of drug-likeness (QED) is 0.252. The first-order valence-corrected chi connectivity index (χ1v) is 16.0. The molecule has 3 heteroatoms. The molecule has 3 aromatic carbocycles. The number of benzene rings is 2.